The highest BCUT2D eigenvalue weighted by atomic mass is 32.2. The van der Waals surface area contributed by atoms with E-state index in [9.17, 15) is 26.7 Å². The van der Waals surface area contributed by atoms with E-state index in [2.05, 4.69) is 9.71 Å². The highest BCUT2D eigenvalue weighted by Crippen LogP contribution is 2.31. The Morgan fingerprint density at radius 3 is 2.50 bits per heavy atom. The lowest BCUT2D eigenvalue weighted by atomic mass is 9.99. The number of aromatic nitrogens is 2. The quantitative estimate of drug-likeness (QED) is 0.382. The number of rotatable bonds is 9. The smallest absolute Gasteiger partial charge is 0.280 e. The van der Waals surface area contributed by atoms with E-state index in [-0.39, 0.29) is 52.5 Å². The van der Waals surface area contributed by atoms with Crippen LogP contribution in [0, 0.1) is 5.92 Å². The van der Waals surface area contributed by atoms with Crippen LogP contribution >= 0.6 is 0 Å². The van der Waals surface area contributed by atoms with Crippen molar-refractivity contribution >= 4 is 31.6 Å². The van der Waals surface area contributed by atoms with E-state index in [1.807, 2.05) is 6.92 Å². The third-order valence-corrected chi connectivity index (χ3v) is 9.87. The molecule has 3 atom stereocenters. The van der Waals surface area contributed by atoms with Crippen LogP contribution in [0.3, 0.4) is 0 Å². The molecule has 1 aliphatic heterocycles. The van der Waals surface area contributed by atoms with Crippen LogP contribution in [0.5, 0.6) is 5.75 Å². The predicted molar refractivity (Wildman–Crippen MR) is 148 cm³/mol. The van der Waals surface area contributed by atoms with Gasteiger partial charge in [-0.05, 0) is 37.3 Å². The number of sulfonamides is 2. The topological polar surface area (TPSA) is 151 Å². The molecule has 0 aliphatic carbocycles. The number of nitrogens with one attached hydrogen (secondary N) is 1. The number of amides is 1. The highest BCUT2D eigenvalue weighted by Gasteiger charge is 2.35. The van der Waals surface area contributed by atoms with E-state index in [4.69, 9.17) is 4.74 Å². The van der Waals surface area contributed by atoms with Gasteiger partial charge in [-0.1, -0.05) is 25.1 Å². The minimum Gasteiger partial charge on any atom is -0.488 e. The molecule has 3 aromatic rings. The Bertz CT molecular complexity index is 1580. The fraction of sp³-hybridized carbons (Fsp3) is 0.385. The van der Waals surface area contributed by atoms with Gasteiger partial charge in [-0.15, -0.1) is 0 Å². The summed E-state index contributed by atoms with van der Waals surface area (Å²) >= 11 is 0. The van der Waals surface area contributed by atoms with E-state index >= 15 is 0 Å². The van der Waals surface area contributed by atoms with Crippen LogP contribution in [0.15, 0.2) is 71.0 Å². The fourth-order valence-electron chi connectivity index (χ4n) is 4.36. The summed E-state index contributed by atoms with van der Waals surface area (Å²) in [5.41, 5.74) is 0.193. The van der Waals surface area contributed by atoms with Gasteiger partial charge in [-0.3, -0.25) is 9.52 Å². The number of benzene rings is 2. The molecule has 4 rings (SSSR count). The largest absolute Gasteiger partial charge is 0.488 e. The molecule has 0 spiro atoms. The minimum atomic E-state index is -4.03. The number of nitrogens with zero attached hydrogens (tertiary/aromatic N) is 4. The monoisotopic (exact) mass is 591 g/mol. The van der Waals surface area contributed by atoms with Gasteiger partial charge in [0, 0.05) is 38.4 Å². The Balaban J connectivity index is 1.68. The average molecular weight is 592 g/mol. The molecule has 0 saturated heterocycles. The number of aliphatic hydroxyl groups is 1. The molecule has 2 N–H and O–H groups in total. The Morgan fingerprint density at radius 1 is 1.18 bits per heavy atom. The van der Waals surface area contributed by atoms with Crippen molar-refractivity contribution in [1.29, 1.82) is 0 Å². The molecule has 1 aromatic heterocycles. The Kier molecular flexibility index (Phi) is 8.54. The molecule has 0 unspecified atom stereocenters. The third-order valence-electron chi connectivity index (χ3n) is 6.76. The molecule has 216 valence electrons. The molecule has 0 saturated carbocycles. The van der Waals surface area contributed by atoms with Crippen LogP contribution in [0.4, 0.5) is 5.69 Å². The van der Waals surface area contributed by atoms with E-state index < -0.39 is 38.1 Å². The molecule has 40 heavy (non-hydrogen) atoms. The number of likely N-dealkylation sites (N-methyl/N-ethyl adjacent to an activating group) is 1. The van der Waals surface area contributed by atoms with Gasteiger partial charge in [0.1, 0.15) is 11.9 Å². The van der Waals surface area contributed by atoms with Gasteiger partial charge in [0.2, 0.25) is 10.0 Å². The standard InChI is InChI=1S/C26H33N5O7S2/c1-18-13-31(19(2)16-32)26(33)22-12-20(28-39(34,35)25-15-29(3)17-27-25)10-11-23(22)38-24(18)14-30(4)40(36,37)21-8-6-5-7-9-21/h5-12,15,17-19,24,28,32H,13-14,16H2,1-4H3/t18-,19+,24+/m0/s1. The van der Waals surface area contributed by atoms with Crippen LogP contribution in [-0.2, 0) is 27.1 Å². The Labute approximate surface area is 234 Å². The number of imidazole rings is 1. The first-order chi connectivity index (χ1) is 18.8. The van der Waals surface area contributed by atoms with Crippen molar-refractivity contribution in [2.45, 2.75) is 35.9 Å². The molecular weight excluding hydrogens is 558 g/mol. The molecule has 14 heteroatoms. The lowest BCUT2D eigenvalue weighted by molar-refractivity contribution is 0.0387. The van der Waals surface area contributed by atoms with Crippen LogP contribution < -0.4 is 9.46 Å². The second kappa shape index (κ2) is 11.6. The summed E-state index contributed by atoms with van der Waals surface area (Å²) in [7, 11) is -4.73. The zero-order valence-corrected chi connectivity index (χ0v) is 24.3. The number of aryl methyl sites for hydroxylation is 1. The first-order valence-electron chi connectivity index (χ1n) is 12.6. The SMILES string of the molecule is C[C@H](CO)N1C[C@H](C)[C@@H](CN(C)S(=O)(=O)c2ccccc2)Oc2ccc(NS(=O)(=O)c3cn(C)cn3)cc2C1=O. The molecule has 2 heterocycles. The van der Waals surface area contributed by atoms with Crippen LogP contribution in [0.2, 0.25) is 0 Å². The second-order valence-corrected chi connectivity index (χ2v) is 13.6. The fourth-order valence-corrected chi connectivity index (χ4v) is 6.60. The van der Waals surface area contributed by atoms with E-state index in [1.165, 1.54) is 63.7 Å². The van der Waals surface area contributed by atoms with Crippen molar-refractivity contribution in [1.82, 2.24) is 18.8 Å². The van der Waals surface area contributed by atoms with Crippen molar-refractivity contribution in [3.63, 3.8) is 0 Å². The van der Waals surface area contributed by atoms with Gasteiger partial charge in [0.15, 0.2) is 5.03 Å². The molecule has 2 aromatic carbocycles. The molecule has 0 bridgehead atoms. The minimum absolute atomic E-state index is 0.0125. The first-order valence-corrected chi connectivity index (χ1v) is 15.5. The van der Waals surface area contributed by atoms with Gasteiger partial charge >= 0.3 is 0 Å². The van der Waals surface area contributed by atoms with Crippen LogP contribution in [-0.4, -0.2) is 85.5 Å². The summed E-state index contributed by atoms with van der Waals surface area (Å²) in [5.74, 6) is -0.601. The van der Waals surface area contributed by atoms with Crippen molar-refractivity contribution in [3.8, 4) is 5.75 Å². The number of carbonyl (C=O) groups is 1. The maximum Gasteiger partial charge on any atom is 0.280 e. The van der Waals surface area contributed by atoms with Gasteiger partial charge in [-0.25, -0.2) is 13.4 Å². The van der Waals surface area contributed by atoms with Crippen molar-refractivity contribution < 1.29 is 31.5 Å². The normalized spacial score (nSPS) is 18.9. The molecule has 12 nitrogen and oxygen atoms in total. The zero-order chi connectivity index (χ0) is 29.2. The van der Waals surface area contributed by atoms with Crippen molar-refractivity contribution in [2.24, 2.45) is 13.0 Å². The second-order valence-electron chi connectivity index (χ2n) is 9.92. The summed E-state index contributed by atoms with van der Waals surface area (Å²) in [6.07, 6.45) is 2.04. The van der Waals surface area contributed by atoms with Crippen LogP contribution in [0.1, 0.15) is 24.2 Å². The van der Waals surface area contributed by atoms with Gasteiger partial charge < -0.3 is 19.3 Å². The molecule has 1 amide bonds. The van der Waals surface area contributed by atoms with Gasteiger partial charge in [0.25, 0.3) is 15.9 Å². The number of ether oxygens (including phenoxy) is 1. The highest BCUT2D eigenvalue weighted by molar-refractivity contribution is 7.92. The van der Waals surface area contributed by atoms with Crippen molar-refractivity contribution in [3.05, 3.63) is 66.6 Å². The van der Waals surface area contributed by atoms with Crippen molar-refractivity contribution in [2.75, 3.05) is 31.5 Å². The maximum absolute atomic E-state index is 13.6. The number of carbonyl (C=O) groups excluding carboxylic acids is 1. The lowest BCUT2D eigenvalue weighted by Crippen LogP contribution is -2.50. The summed E-state index contributed by atoms with van der Waals surface area (Å²) in [6.45, 7) is 3.41. The molecular formula is C26H33N5O7S2. The molecule has 0 radical (unpaired) electrons. The number of anilines is 1. The molecule has 0 fully saturated rings. The number of hydrogen-bond acceptors (Lipinski definition) is 8. The summed E-state index contributed by atoms with van der Waals surface area (Å²) < 4.78 is 63.4. The summed E-state index contributed by atoms with van der Waals surface area (Å²) in [4.78, 5) is 19.1. The summed E-state index contributed by atoms with van der Waals surface area (Å²) in [6, 6.07) is 11.8. The van der Waals surface area contributed by atoms with E-state index in [0.29, 0.717) is 0 Å². The maximum atomic E-state index is 13.6. The van der Waals surface area contributed by atoms with E-state index in [0.717, 1.165) is 0 Å². The lowest BCUT2D eigenvalue weighted by Gasteiger charge is -2.38. The Hall–Kier alpha value is -3.46. The Morgan fingerprint density at radius 2 is 1.88 bits per heavy atom. The van der Waals surface area contributed by atoms with E-state index in [1.54, 1.807) is 32.2 Å². The average Bonchev–Trinajstić information content (AvgIpc) is 3.38. The summed E-state index contributed by atoms with van der Waals surface area (Å²) in [5, 5.41) is 9.68. The number of fused-ring (bicyclic) bond motifs is 1. The first kappa shape index (κ1) is 29.5. The van der Waals surface area contributed by atoms with Crippen LogP contribution in [0.25, 0.3) is 0 Å². The van der Waals surface area contributed by atoms with Gasteiger partial charge in [0.05, 0.1) is 36.0 Å². The number of aliphatic hydroxyl groups excluding tert-OH is 1. The molecule has 1 aliphatic rings. The third kappa shape index (κ3) is 6.14. The zero-order valence-electron chi connectivity index (χ0n) is 22.6. The van der Waals surface area contributed by atoms with Gasteiger partial charge in [-0.2, -0.15) is 12.7 Å². The number of hydrogen-bond donors (Lipinski definition) is 2. The predicted octanol–water partition coefficient (Wildman–Crippen LogP) is 1.76.